The molecule has 116 valence electrons. The number of nitrogens with two attached hydrogens (primary N) is 1. The van der Waals surface area contributed by atoms with Crippen LogP contribution in [0.25, 0.3) is 0 Å². The zero-order chi connectivity index (χ0) is 15.1. The molecule has 0 heterocycles. The van der Waals surface area contributed by atoms with E-state index in [-0.39, 0.29) is 5.82 Å². The SMILES string of the molecule is CN(CCNC(N)=NCC1CCC1)Cc1ccc(F)cc1. The van der Waals surface area contributed by atoms with E-state index in [0.29, 0.717) is 5.96 Å². The van der Waals surface area contributed by atoms with E-state index in [2.05, 4.69) is 15.2 Å². The third-order valence-corrected chi connectivity index (χ3v) is 3.91. The molecule has 4 nitrogen and oxygen atoms in total. The smallest absolute Gasteiger partial charge is 0.188 e. The summed E-state index contributed by atoms with van der Waals surface area (Å²) >= 11 is 0. The number of benzene rings is 1. The number of halogens is 1. The second kappa shape index (κ2) is 7.98. The summed E-state index contributed by atoms with van der Waals surface area (Å²) in [7, 11) is 2.03. The summed E-state index contributed by atoms with van der Waals surface area (Å²) in [5.41, 5.74) is 6.94. The van der Waals surface area contributed by atoms with Crippen molar-refractivity contribution in [2.45, 2.75) is 25.8 Å². The maximum atomic E-state index is 12.8. The first kappa shape index (κ1) is 15.8. The Morgan fingerprint density at radius 3 is 2.71 bits per heavy atom. The molecule has 1 aliphatic carbocycles. The third-order valence-electron chi connectivity index (χ3n) is 3.91. The minimum atomic E-state index is -0.196. The van der Waals surface area contributed by atoms with E-state index in [4.69, 9.17) is 5.73 Å². The third kappa shape index (κ3) is 5.71. The van der Waals surface area contributed by atoms with E-state index in [9.17, 15) is 4.39 Å². The molecule has 0 unspecified atom stereocenters. The zero-order valence-corrected chi connectivity index (χ0v) is 12.7. The van der Waals surface area contributed by atoms with Crippen molar-refractivity contribution in [3.05, 3.63) is 35.6 Å². The van der Waals surface area contributed by atoms with Gasteiger partial charge in [0.05, 0.1) is 0 Å². The molecule has 3 N–H and O–H groups in total. The Hall–Kier alpha value is -1.62. The standard InChI is InChI=1S/C16H25FN4/c1-21(12-14-5-7-15(17)8-6-14)10-9-19-16(18)20-11-13-3-2-4-13/h5-8,13H,2-4,9-12H2,1H3,(H3,18,19,20). The average molecular weight is 292 g/mol. The van der Waals surface area contributed by atoms with Gasteiger partial charge in [-0.1, -0.05) is 18.6 Å². The van der Waals surface area contributed by atoms with Crippen LogP contribution in [0.1, 0.15) is 24.8 Å². The Morgan fingerprint density at radius 2 is 2.10 bits per heavy atom. The molecular formula is C16H25FN4. The summed E-state index contributed by atoms with van der Waals surface area (Å²) in [5, 5.41) is 3.14. The molecule has 0 bridgehead atoms. The lowest BCUT2D eigenvalue weighted by molar-refractivity contribution is 0.324. The van der Waals surface area contributed by atoms with Crippen LogP contribution >= 0.6 is 0 Å². The highest BCUT2D eigenvalue weighted by atomic mass is 19.1. The minimum absolute atomic E-state index is 0.196. The van der Waals surface area contributed by atoms with Crippen molar-refractivity contribution in [2.75, 3.05) is 26.7 Å². The summed E-state index contributed by atoms with van der Waals surface area (Å²) in [4.78, 5) is 6.53. The van der Waals surface area contributed by atoms with Gasteiger partial charge < -0.3 is 16.0 Å². The lowest BCUT2D eigenvalue weighted by atomic mass is 9.86. The monoisotopic (exact) mass is 292 g/mol. The van der Waals surface area contributed by atoms with Gasteiger partial charge in [0.2, 0.25) is 0 Å². The van der Waals surface area contributed by atoms with Crippen LogP contribution in [-0.4, -0.2) is 37.5 Å². The molecule has 5 heteroatoms. The fourth-order valence-corrected chi connectivity index (χ4v) is 2.31. The van der Waals surface area contributed by atoms with E-state index in [0.717, 1.165) is 37.7 Å². The number of nitrogens with zero attached hydrogens (tertiary/aromatic N) is 2. The number of hydrogen-bond donors (Lipinski definition) is 2. The van der Waals surface area contributed by atoms with Crippen molar-refractivity contribution in [3.8, 4) is 0 Å². The van der Waals surface area contributed by atoms with Gasteiger partial charge in [-0.15, -0.1) is 0 Å². The van der Waals surface area contributed by atoms with Gasteiger partial charge in [-0.25, -0.2) is 4.39 Å². The van der Waals surface area contributed by atoms with E-state index >= 15 is 0 Å². The van der Waals surface area contributed by atoms with E-state index in [1.54, 1.807) is 0 Å². The van der Waals surface area contributed by atoms with Gasteiger partial charge in [0.25, 0.3) is 0 Å². The van der Waals surface area contributed by atoms with Gasteiger partial charge in [-0.3, -0.25) is 4.99 Å². The van der Waals surface area contributed by atoms with Crippen LogP contribution < -0.4 is 11.1 Å². The highest BCUT2D eigenvalue weighted by molar-refractivity contribution is 5.77. The number of likely N-dealkylation sites (N-methyl/N-ethyl adjacent to an activating group) is 1. The van der Waals surface area contributed by atoms with Crippen molar-refractivity contribution >= 4 is 5.96 Å². The Bertz CT molecular complexity index is 454. The first-order valence-corrected chi connectivity index (χ1v) is 7.60. The molecule has 1 aliphatic rings. The number of aliphatic imine (C=N–C) groups is 1. The molecule has 0 aliphatic heterocycles. The number of rotatable bonds is 7. The van der Waals surface area contributed by atoms with Crippen LogP contribution in [0.5, 0.6) is 0 Å². The summed E-state index contributed by atoms with van der Waals surface area (Å²) < 4.78 is 12.8. The van der Waals surface area contributed by atoms with Gasteiger partial charge >= 0.3 is 0 Å². The molecule has 0 saturated heterocycles. The fourth-order valence-electron chi connectivity index (χ4n) is 2.31. The van der Waals surface area contributed by atoms with E-state index < -0.39 is 0 Å². The van der Waals surface area contributed by atoms with Crippen molar-refractivity contribution in [3.63, 3.8) is 0 Å². The Kier molecular flexibility index (Phi) is 5.99. The highest BCUT2D eigenvalue weighted by Crippen LogP contribution is 2.26. The summed E-state index contributed by atoms with van der Waals surface area (Å²) in [5.74, 6) is 1.09. The normalized spacial score (nSPS) is 16.0. The Morgan fingerprint density at radius 1 is 1.38 bits per heavy atom. The molecule has 1 aromatic carbocycles. The summed E-state index contributed by atoms with van der Waals surface area (Å²) in [6, 6.07) is 6.61. The quantitative estimate of drug-likeness (QED) is 0.597. The van der Waals surface area contributed by atoms with Crippen LogP contribution in [0.2, 0.25) is 0 Å². The van der Waals surface area contributed by atoms with Crippen LogP contribution in [0.3, 0.4) is 0 Å². The Balaban J connectivity index is 1.61. The number of nitrogens with one attached hydrogen (secondary N) is 1. The molecule has 21 heavy (non-hydrogen) atoms. The fraction of sp³-hybridized carbons (Fsp3) is 0.562. The predicted molar refractivity (Wildman–Crippen MR) is 84.6 cm³/mol. The molecule has 1 fully saturated rings. The van der Waals surface area contributed by atoms with E-state index in [1.165, 1.54) is 31.4 Å². The average Bonchev–Trinajstić information content (AvgIpc) is 2.39. The molecule has 1 aromatic rings. The van der Waals surface area contributed by atoms with Gasteiger partial charge in [0, 0.05) is 26.2 Å². The highest BCUT2D eigenvalue weighted by Gasteiger charge is 2.16. The molecule has 0 spiro atoms. The zero-order valence-electron chi connectivity index (χ0n) is 12.7. The van der Waals surface area contributed by atoms with Crippen LogP contribution in [0.15, 0.2) is 29.3 Å². The molecule has 0 amide bonds. The molecule has 1 saturated carbocycles. The minimum Gasteiger partial charge on any atom is -0.370 e. The first-order chi connectivity index (χ1) is 10.1. The molecule has 0 atom stereocenters. The Labute approximate surface area is 126 Å². The molecule has 0 aromatic heterocycles. The largest absolute Gasteiger partial charge is 0.370 e. The van der Waals surface area contributed by atoms with Gasteiger partial charge in [0.15, 0.2) is 5.96 Å². The van der Waals surface area contributed by atoms with Gasteiger partial charge in [-0.2, -0.15) is 0 Å². The lowest BCUT2D eigenvalue weighted by Gasteiger charge is -2.23. The first-order valence-electron chi connectivity index (χ1n) is 7.60. The molecular weight excluding hydrogens is 267 g/mol. The van der Waals surface area contributed by atoms with Gasteiger partial charge in [-0.05, 0) is 43.5 Å². The predicted octanol–water partition coefficient (Wildman–Crippen LogP) is 1.96. The van der Waals surface area contributed by atoms with Crippen molar-refractivity contribution in [2.24, 2.45) is 16.6 Å². The van der Waals surface area contributed by atoms with E-state index in [1.807, 2.05) is 19.2 Å². The van der Waals surface area contributed by atoms with Crippen molar-refractivity contribution < 1.29 is 4.39 Å². The summed E-state index contributed by atoms with van der Waals surface area (Å²) in [6.07, 6.45) is 3.91. The van der Waals surface area contributed by atoms with Crippen LogP contribution in [0.4, 0.5) is 4.39 Å². The van der Waals surface area contributed by atoms with Gasteiger partial charge in [0.1, 0.15) is 5.82 Å². The van der Waals surface area contributed by atoms with Crippen molar-refractivity contribution in [1.29, 1.82) is 0 Å². The maximum Gasteiger partial charge on any atom is 0.188 e. The topological polar surface area (TPSA) is 53.6 Å². The number of guanidine groups is 1. The van der Waals surface area contributed by atoms with Crippen molar-refractivity contribution in [1.82, 2.24) is 10.2 Å². The van der Waals surface area contributed by atoms with Crippen LogP contribution in [-0.2, 0) is 6.54 Å². The molecule has 0 radical (unpaired) electrons. The summed E-state index contributed by atoms with van der Waals surface area (Å²) in [6.45, 7) is 3.26. The molecule has 2 rings (SSSR count). The maximum absolute atomic E-state index is 12.8. The second-order valence-electron chi connectivity index (χ2n) is 5.81. The second-order valence-corrected chi connectivity index (χ2v) is 5.81. The van der Waals surface area contributed by atoms with Crippen LogP contribution in [0, 0.1) is 11.7 Å². The lowest BCUT2D eigenvalue weighted by Crippen LogP contribution is -2.37. The number of hydrogen-bond acceptors (Lipinski definition) is 2.